The Morgan fingerprint density at radius 1 is 0.857 bits per heavy atom. The number of anilines is 4. The number of benzene rings is 3. The van der Waals surface area contributed by atoms with Gasteiger partial charge >= 0.3 is 0 Å². The molecule has 0 unspecified atom stereocenters. The summed E-state index contributed by atoms with van der Waals surface area (Å²) in [5, 5.41) is 7.06. The number of hydrogen-bond acceptors (Lipinski definition) is 2. The first-order valence-corrected chi connectivity index (χ1v) is 9.88. The maximum atomic E-state index is 4.02. The van der Waals surface area contributed by atoms with Crippen molar-refractivity contribution in [3.63, 3.8) is 0 Å². The van der Waals surface area contributed by atoms with Gasteiger partial charge in [-0.3, -0.25) is 0 Å². The average Bonchev–Trinajstić information content (AvgIpc) is 2.65. The summed E-state index contributed by atoms with van der Waals surface area (Å²) in [6, 6.07) is 23.6. The van der Waals surface area contributed by atoms with E-state index in [0.29, 0.717) is 5.92 Å². The quantitative estimate of drug-likeness (QED) is 0.416. The number of aryl methyl sites for hydroxylation is 1. The zero-order chi connectivity index (χ0) is 20.1. The molecule has 2 N–H and O–H groups in total. The second-order valence-electron chi connectivity index (χ2n) is 7.89. The van der Waals surface area contributed by atoms with Gasteiger partial charge in [0.2, 0.25) is 0 Å². The lowest BCUT2D eigenvalue weighted by molar-refractivity contribution is 0.867. The minimum atomic E-state index is 0.547. The van der Waals surface area contributed by atoms with Gasteiger partial charge in [-0.1, -0.05) is 56.3 Å². The predicted molar refractivity (Wildman–Crippen MR) is 123 cm³/mol. The number of rotatable bonds is 7. The van der Waals surface area contributed by atoms with Crippen LogP contribution in [0.2, 0.25) is 0 Å². The lowest BCUT2D eigenvalue weighted by atomic mass is 10.0. The smallest absolute Gasteiger partial charge is 0.0416 e. The fourth-order valence-corrected chi connectivity index (χ4v) is 3.21. The van der Waals surface area contributed by atoms with E-state index in [4.69, 9.17) is 0 Å². The van der Waals surface area contributed by atoms with Gasteiger partial charge in [0.1, 0.15) is 0 Å². The van der Waals surface area contributed by atoms with E-state index in [2.05, 4.69) is 112 Å². The first kappa shape index (κ1) is 19.8. The minimum Gasteiger partial charge on any atom is -0.355 e. The second kappa shape index (κ2) is 8.79. The van der Waals surface area contributed by atoms with Gasteiger partial charge < -0.3 is 10.6 Å². The molecule has 0 spiro atoms. The molecular weight excluding hydrogens is 340 g/mol. The standard InChI is InChI=1S/C26H30N2/c1-18(2)15-21-10-9-20(5)26(16-21)28-25-8-6-7-24(17-25)27-23-13-11-22(12-14-23)19(3)4/h6-14,16-17,19,27-28H,1,15H2,2-5H3. The molecule has 0 aliphatic heterocycles. The van der Waals surface area contributed by atoms with E-state index in [1.165, 1.54) is 22.3 Å². The zero-order valence-corrected chi connectivity index (χ0v) is 17.3. The van der Waals surface area contributed by atoms with E-state index in [-0.39, 0.29) is 0 Å². The van der Waals surface area contributed by atoms with Crippen LogP contribution < -0.4 is 10.6 Å². The fraction of sp³-hybridized carbons (Fsp3) is 0.231. The first-order valence-electron chi connectivity index (χ1n) is 9.88. The third kappa shape index (κ3) is 5.26. The van der Waals surface area contributed by atoms with Gasteiger partial charge in [0.05, 0.1) is 0 Å². The van der Waals surface area contributed by atoms with Crippen molar-refractivity contribution in [2.45, 2.75) is 40.0 Å². The minimum absolute atomic E-state index is 0.547. The maximum Gasteiger partial charge on any atom is 0.0416 e. The van der Waals surface area contributed by atoms with Gasteiger partial charge in [-0.05, 0) is 79.3 Å². The Bertz CT molecular complexity index is 952. The monoisotopic (exact) mass is 370 g/mol. The highest BCUT2D eigenvalue weighted by atomic mass is 14.9. The Labute approximate surface area is 169 Å². The topological polar surface area (TPSA) is 24.1 Å². The van der Waals surface area contributed by atoms with Crippen LogP contribution in [-0.4, -0.2) is 0 Å². The van der Waals surface area contributed by atoms with Gasteiger partial charge in [-0.25, -0.2) is 0 Å². The normalized spacial score (nSPS) is 10.8. The highest BCUT2D eigenvalue weighted by Crippen LogP contribution is 2.26. The lowest BCUT2D eigenvalue weighted by Crippen LogP contribution is -1.97. The molecule has 2 nitrogen and oxygen atoms in total. The van der Waals surface area contributed by atoms with Crippen molar-refractivity contribution in [3.8, 4) is 0 Å². The summed E-state index contributed by atoms with van der Waals surface area (Å²) in [5.41, 5.74) is 9.40. The summed E-state index contributed by atoms with van der Waals surface area (Å²) in [5.74, 6) is 0.547. The van der Waals surface area contributed by atoms with Crippen LogP contribution in [0.5, 0.6) is 0 Å². The van der Waals surface area contributed by atoms with Crippen LogP contribution in [0.4, 0.5) is 22.7 Å². The Kier molecular flexibility index (Phi) is 6.20. The van der Waals surface area contributed by atoms with Crippen molar-refractivity contribution in [2.75, 3.05) is 10.6 Å². The highest BCUT2D eigenvalue weighted by Gasteiger charge is 2.04. The second-order valence-corrected chi connectivity index (χ2v) is 7.89. The Morgan fingerprint density at radius 2 is 1.54 bits per heavy atom. The molecule has 0 fully saturated rings. The van der Waals surface area contributed by atoms with E-state index < -0.39 is 0 Å². The Morgan fingerprint density at radius 3 is 2.18 bits per heavy atom. The predicted octanol–water partition coefficient (Wildman–Crippen LogP) is 7.72. The number of nitrogens with one attached hydrogen (secondary N) is 2. The molecule has 3 rings (SSSR count). The lowest BCUT2D eigenvalue weighted by Gasteiger charge is -2.14. The van der Waals surface area contributed by atoms with Crippen LogP contribution in [0.3, 0.4) is 0 Å². The van der Waals surface area contributed by atoms with Gasteiger partial charge in [0.15, 0.2) is 0 Å². The van der Waals surface area contributed by atoms with Gasteiger partial charge in [0.25, 0.3) is 0 Å². The zero-order valence-electron chi connectivity index (χ0n) is 17.3. The van der Waals surface area contributed by atoms with Crippen LogP contribution >= 0.6 is 0 Å². The molecule has 0 aliphatic rings. The van der Waals surface area contributed by atoms with Crippen molar-refractivity contribution in [1.82, 2.24) is 0 Å². The molecule has 0 heterocycles. The molecule has 0 aliphatic carbocycles. The SMILES string of the molecule is C=C(C)Cc1ccc(C)c(Nc2cccc(Nc3ccc(C(C)C)cc3)c2)c1. The van der Waals surface area contributed by atoms with Crippen molar-refractivity contribution in [2.24, 2.45) is 0 Å². The van der Waals surface area contributed by atoms with Crippen LogP contribution in [0.15, 0.2) is 78.9 Å². The van der Waals surface area contributed by atoms with Crippen molar-refractivity contribution >= 4 is 22.7 Å². The molecule has 0 saturated carbocycles. The third-order valence-corrected chi connectivity index (χ3v) is 4.82. The molecule has 3 aromatic rings. The van der Waals surface area contributed by atoms with E-state index in [1.807, 2.05) is 0 Å². The summed E-state index contributed by atoms with van der Waals surface area (Å²) in [6.07, 6.45) is 0.906. The molecule has 0 saturated heterocycles. The van der Waals surface area contributed by atoms with Crippen molar-refractivity contribution in [1.29, 1.82) is 0 Å². The van der Waals surface area contributed by atoms with Gasteiger partial charge in [-0.2, -0.15) is 0 Å². The van der Waals surface area contributed by atoms with Gasteiger partial charge in [-0.15, -0.1) is 0 Å². The average molecular weight is 371 g/mol. The van der Waals surface area contributed by atoms with Crippen molar-refractivity contribution < 1.29 is 0 Å². The van der Waals surface area contributed by atoms with Crippen LogP contribution in [-0.2, 0) is 6.42 Å². The van der Waals surface area contributed by atoms with Crippen molar-refractivity contribution in [3.05, 3.63) is 95.6 Å². The summed E-state index contributed by atoms with van der Waals surface area (Å²) < 4.78 is 0. The van der Waals surface area contributed by atoms with Gasteiger partial charge in [0, 0.05) is 22.7 Å². The summed E-state index contributed by atoms with van der Waals surface area (Å²) in [6.45, 7) is 12.6. The summed E-state index contributed by atoms with van der Waals surface area (Å²) in [7, 11) is 0. The van der Waals surface area contributed by atoms with E-state index in [1.54, 1.807) is 0 Å². The molecule has 0 aromatic heterocycles. The number of allylic oxidation sites excluding steroid dienone is 1. The Hall–Kier alpha value is -3.00. The van der Waals surface area contributed by atoms with E-state index in [0.717, 1.165) is 29.2 Å². The van der Waals surface area contributed by atoms with E-state index in [9.17, 15) is 0 Å². The third-order valence-electron chi connectivity index (χ3n) is 4.82. The maximum absolute atomic E-state index is 4.02. The highest BCUT2D eigenvalue weighted by molar-refractivity contribution is 5.70. The molecule has 28 heavy (non-hydrogen) atoms. The van der Waals surface area contributed by atoms with Crippen LogP contribution in [0, 0.1) is 6.92 Å². The van der Waals surface area contributed by atoms with Crippen LogP contribution in [0.1, 0.15) is 43.4 Å². The van der Waals surface area contributed by atoms with Crippen LogP contribution in [0.25, 0.3) is 0 Å². The molecule has 0 atom stereocenters. The molecule has 0 radical (unpaired) electrons. The Balaban J connectivity index is 1.75. The molecule has 0 amide bonds. The van der Waals surface area contributed by atoms with E-state index >= 15 is 0 Å². The molecule has 144 valence electrons. The molecular formula is C26H30N2. The molecule has 3 aromatic carbocycles. The summed E-state index contributed by atoms with van der Waals surface area (Å²) >= 11 is 0. The largest absolute Gasteiger partial charge is 0.355 e. The summed E-state index contributed by atoms with van der Waals surface area (Å²) in [4.78, 5) is 0. The first-order chi connectivity index (χ1) is 13.4. The number of hydrogen-bond donors (Lipinski definition) is 2. The fourth-order valence-electron chi connectivity index (χ4n) is 3.21. The molecule has 0 bridgehead atoms. The molecule has 2 heteroatoms.